The SMILES string of the molecule is COC(=O)[C@@H](NC(=O)N[C@H](C(=O)OC)c1ccccc1)c1ccccc1. The second kappa shape index (κ2) is 9.22. The van der Waals surface area contributed by atoms with Crippen molar-refractivity contribution in [3.05, 3.63) is 71.8 Å². The van der Waals surface area contributed by atoms with Crippen LogP contribution in [-0.2, 0) is 19.1 Å². The quantitative estimate of drug-likeness (QED) is 0.773. The van der Waals surface area contributed by atoms with Gasteiger partial charge in [0.25, 0.3) is 0 Å². The monoisotopic (exact) mass is 356 g/mol. The average molecular weight is 356 g/mol. The Hall–Kier alpha value is -3.35. The van der Waals surface area contributed by atoms with Crippen molar-refractivity contribution in [1.82, 2.24) is 10.6 Å². The maximum atomic E-state index is 12.4. The van der Waals surface area contributed by atoms with Crippen LogP contribution < -0.4 is 10.6 Å². The highest BCUT2D eigenvalue weighted by Gasteiger charge is 2.27. The van der Waals surface area contributed by atoms with Crippen molar-refractivity contribution in [1.29, 1.82) is 0 Å². The number of esters is 2. The van der Waals surface area contributed by atoms with E-state index in [4.69, 9.17) is 9.47 Å². The van der Waals surface area contributed by atoms with E-state index in [9.17, 15) is 14.4 Å². The van der Waals surface area contributed by atoms with Gasteiger partial charge in [-0.1, -0.05) is 60.7 Å². The highest BCUT2D eigenvalue weighted by molar-refractivity contribution is 5.88. The molecule has 0 aliphatic heterocycles. The zero-order valence-corrected chi connectivity index (χ0v) is 14.5. The molecule has 0 unspecified atom stereocenters. The van der Waals surface area contributed by atoms with Gasteiger partial charge in [-0.25, -0.2) is 14.4 Å². The molecule has 26 heavy (non-hydrogen) atoms. The summed E-state index contributed by atoms with van der Waals surface area (Å²) in [7, 11) is 2.47. The van der Waals surface area contributed by atoms with E-state index in [0.29, 0.717) is 11.1 Å². The van der Waals surface area contributed by atoms with Crippen molar-refractivity contribution in [2.45, 2.75) is 12.1 Å². The van der Waals surface area contributed by atoms with Crippen molar-refractivity contribution in [3.8, 4) is 0 Å². The number of amides is 2. The largest absolute Gasteiger partial charge is 0.467 e. The van der Waals surface area contributed by atoms with E-state index in [0.717, 1.165) is 0 Å². The van der Waals surface area contributed by atoms with Crippen LogP contribution in [-0.4, -0.2) is 32.2 Å². The topological polar surface area (TPSA) is 93.7 Å². The number of carbonyl (C=O) groups excluding carboxylic acids is 3. The second-order valence-corrected chi connectivity index (χ2v) is 5.35. The normalized spacial score (nSPS) is 12.4. The van der Waals surface area contributed by atoms with Gasteiger partial charge in [0.1, 0.15) is 0 Å². The summed E-state index contributed by atoms with van der Waals surface area (Å²) in [5, 5.41) is 5.06. The fourth-order valence-electron chi connectivity index (χ4n) is 2.39. The third-order valence-corrected chi connectivity index (χ3v) is 3.69. The number of urea groups is 1. The zero-order chi connectivity index (χ0) is 18.9. The highest BCUT2D eigenvalue weighted by Crippen LogP contribution is 2.16. The number of ether oxygens (including phenoxy) is 2. The van der Waals surface area contributed by atoms with Crippen molar-refractivity contribution < 1.29 is 23.9 Å². The van der Waals surface area contributed by atoms with Crippen molar-refractivity contribution in [2.75, 3.05) is 14.2 Å². The molecule has 0 saturated carbocycles. The van der Waals surface area contributed by atoms with Crippen molar-refractivity contribution in [3.63, 3.8) is 0 Å². The summed E-state index contributed by atoms with van der Waals surface area (Å²) in [6.07, 6.45) is 0. The molecule has 7 heteroatoms. The molecule has 7 nitrogen and oxygen atoms in total. The summed E-state index contributed by atoms with van der Waals surface area (Å²) in [4.78, 5) is 36.5. The summed E-state index contributed by atoms with van der Waals surface area (Å²) in [6, 6.07) is 14.6. The van der Waals surface area contributed by atoms with E-state index in [1.165, 1.54) is 14.2 Å². The molecule has 0 spiro atoms. The first-order chi connectivity index (χ1) is 12.6. The summed E-state index contributed by atoms with van der Waals surface area (Å²) in [6.45, 7) is 0. The van der Waals surface area contributed by atoms with E-state index in [1.807, 2.05) is 0 Å². The van der Waals surface area contributed by atoms with Crippen LogP contribution in [0.5, 0.6) is 0 Å². The van der Waals surface area contributed by atoms with Gasteiger partial charge in [-0.2, -0.15) is 0 Å². The van der Waals surface area contributed by atoms with E-state index in [1.54, 1.807) is 60.7 Å². The van der Waals surface area contributed by atoms with Gasteiger partial charge in [-0.05, 0) is 11.1 Å². The summed E-state index contributed by atoms with van der Waals surface area (Å²) >= 11 is 0. The molecule has 0 aliphatic carbocycles. The summed E-state index contributed by atoms with van der Waals surface area (Å²) in [5.41, 5.74) is 1.12. The number of nitrogens with one attached hydrogen (secondary N) is 2. The smallest absolute Gasteiger partial charge is 0.333 e. The zero-order valence-electron chi connectivity index (χ0n) is 14.5. The van der Waals surface area contributed by atoms with Gasteiger partial charge < -0.3 is 20.1 Å². The Labute approximate surface area is 151 Å². The molecule has 0 aromatic heterocycles. The molecule has 0 radical (unpaired) electrons. The van der Waals surface area contributed by atoms with Crippen molar-refractivity contribution in [2.24, 2.45) is 0 Å². The third-order valence-electron chi connectivity index (χ3n) is 3.69. The third kappa shape index (κ3) is 4.83. The Balaban J connectivity index is 2.17. The number of carbonyl (C=O) groups is 3. The van der Waals surface area contributed by atoms with Crippen LogP contribution in [0.1, 0.15) is 23.2 Å². The molecule has 0 saturated heterocycles. The lowest BCUT2D eigenvalue weighted by molar-refractivity contribution is -0.143. The number of hydrogen-bond donors (Lipinski definition) is 2. The molecule has 2 aromatic rings. The van der Waals surface area contributed by atoms with Crippen LogP contribution in [0, 0.1) is 0 Å². The van der Waals surface area contributed by atoms with Crippen LogP contribution in [0.4, 0.5) is 4.79 Å². The Morgan fingerprint density at radius 3 is 1.35 bits per heavy atom. The van der Waals surface area contributed by atoms with Gasteiger partial charge in [-0.3, -0.25) is 0 Å². The molecule has 0 bridgehead atoms. The second-order valence-electron chi connectivity index (χ2n) is 5.35. The van der Waals surface area contributed by atoms with E-state index < -0.39 is 30.1 Å². The lowest BCUT2D eigenvalue weighted by Gasteiger charge is -2.21. The Bertz CT molecular complexity index is 686. The highest BCUT2D eigenvalue weighted by atomic mass is 16.5. The van der Waals surface area contributed by atoms with Gasteiger partial charge in [0.05, 0.1) is 14.2 Å². The minimum atomic E-state index is -1.00. The van der Waals surface area contributed by atoms with Gasteiger partial charge in [0.15, 0.2) is 12.1 Å². The Kier molecular flexibility index (Phi) is 6.73. The fraction of sp³-hybridized carbons (Fsp3) is 0.211. The first kappa shape index (κ1) is 19.0. The van der Waals surface area contributed by atoms with Crippen LogP contribution in [0.2, 0.25) is 0 Å². The number of hydrogen-bond acceptors (Lipinski definition) is 5. The first-order valence-corrected chi connectivity index (χ1v) is 7.89. The molecule has 2 amide bonds. The minimum absolute atomic E-state index is 0.559. The molecule has 2 N–H and O–H groups in total. The number of methoxy groups -OCH3 is 2. The standard InChI is InChI=1S/C19H20N2O5/c1-25-17(22)15(13-9-5-3-6-10-13)20-19(24)21-16(18(23)26-2)14-11-7-4-8-12-14/h3-12,15-16H,1-2H3,(H2,20,21,24)/t15-,16-/m0/s1. The van der Waals surface area contributed by atoms with Crippen LogP contribution in [0.3, 0.4) is 0 Å². The first-order valence-electron chi connectivity index (χ1n) is 7.89. The van der Waals surface area contributed by atoms with Gasteiger partial charge >= 0.3 is 18.0 Å². The predicted octanol–water partition coefficient (Wildman–Crippen LogP) is 2.11. The summed E-state index contributed by atoms with van der Waals surface area (Å²) < 4.78 is 9.51. The molecule has 0 heterocycles. The lowest BCUT2D eigenvalue weighted by Crippen LogP contribution is -2.44. The molecule has 0 aliphatic rings. The number of rotatable bonds is 6. The van der Waals surface area contributed by atoms with Crippen LogP contribution in [0.25, 0.3) is 0 Å². The molecule has 2 rings (SSSR count). The molecular weight excluding hydrogens is 336 g/mol. The fourth-order valence-corrected chi connectivity index (χ4v) is 2.39. The maximum Gasteiger partial charge on any atom is 0.333 e. The average Bonchev–Trinajstić information content (AvgIpc) is 2.70. The van der Waals surface area contributed by atoms with Gasteiger partial charge in [-0.15, -0.1) is 0 Å². The molecule has 2 atom stereocenters. The number of benzene rings is 2. The van der Waals surface area contributed by atoms with Gasteiger partial charge in [0.2, 0.25) is 0 Å². The van der Waals surface area contributed by atoms with E-state index >= 15 is 0 Å². The van der Waals surface area contributed by atoms with E-state index in [-0.39, 0.29) is 0 Å². The van der Waals surface area contributed by atoms with E-state index in [2.05, 4.69) is 10.6 Å². The van der Waals surface area contributed by atoms with Crippen LogP contribution in [0.15, 0.2) is 60.7 Å². The summed E-state index contributed by atoms with van der Waals surface area (Å²) in [5.74, 6) is -1.25. The Morgan fingerprint density at radius 2 is 1.04 bits per heavy atom. The predicted molar refractivity (Wildman–Crippen MR) is 94.1 cm³/mol. The van der Waals surface area contributed by atoms with Gasteiger partial charge in [0, 0.05) is 0 Å². The lowest BCUT2D eigenvalue weighted by atomic mass is 10.1. The van der Waals surface area contributed by atoms with Crippen LogP contribution >= 0.6 is 0 Å². The maximum absolute atomic E-state index is 12.4. The molecule has 2 aromatic carbocycles. The van der Waals surface area contributed by atoms with Crippen molar-refractivity contribution >= 4 is 18.0 Å². The molecule has 136 valence electrons. The minimum Gasteiger partial charge on any atom is -0.467 e. The molecular formula is C19H20N2O5. The Morgan fingerprint density at radius 1 is 0.692 bits per heavy atom. The molecule has 0 fully saturated rings.